The van der Waals surface area contributed by atoms with E-state index < -0.39 is 6.10 Å². The Balaban J connectivity index is 2.53. The van der Waals surface area contributed by atoms with E-state index in [1.165, 1.54) is 0 Å². The first-order valence-corrected chi connectivity index (χ1v) is 4.70. The van der Waals surface area contributed by atoms with Gasteiger partial charge in [0.05, 0.1) is 19.3 Å². The summed E-state index contributed by atoms with van der Waals surface area (Å²) in [7, 11) is 0. The number of hydrogen-bond donors (Lipinski definition) is 0. The molecule has 0 saturated carbocycles. The standard InChI is InChI=1S/C9H16NO3/c1-3-8(11)9(12)10-4-5-13-6-7(10)2/h7-8H,3-6H2,1-2H3. The number of nitrogens with zero attached hydrogens (tertiary/aromatic N) is 1. The Kier molecular flexibility index (Phi) is 3.69. The van der Waals surface area contributed by atoms with Crippen LogP contribution >= 0.6 is 0 Å². The Morgan fingerprint density at radius 1 is 1.69 bits per heavy atom. The largest absolute Gasteiger partial charge is 0.377 e. The highest BCUT2D eigenvalue weighted by atomic mass is 16.5. The second-order valence-corrected chi connectivity index (χ2v) is 3.35. The number of carbonyl (C=O) groups excluding carboxylic acids is 1. The summed E-state index contributed by atoms with van der Waals surface area (Å²) in [6.07, 6.45) is -0.733. The van der Waals surface area contributed by atoms with E-state index in [1.54, 1.807) is 11.8 Å². The minimum atomic E-state index is -1.10. The maximum Gasteiger partial charge on any atom is 0.255 e. The van der Waals surface area contributed by atoms with Crippen LogP contribution in [0.5, 0.6) is 0 Å². The monoisotopic (exact) mass is 186 g/mol. The van der Waals surface area contributed by atoms with Crippen molar-refractivity contribution in [1.29, 1.82) is 0 Å². The predicted octanol–water partition coefficient (Wildman–Crippen LogP) is 0.443. The molecule has 1 fully saturated rings. The normalized spacial score (nSPS) is 25.8. The third-order valence-corrected chi connectivity index (χ3v) is 2.30. The van der Waals surface area contributed by atoms with Crippen LogP contribution in [0.2, 0.25) is 0 Å². The molecule has 0 bridgehead atoms. The summed E-state index contributed by atoms with van der Waals surface area (Å²) >= 11 is 0. The van der Waals surface area contributed by atoms with Crippen molar-refractivity contribution in [3.8, 4) is 0 Å². The highest BCUT2D eigenvalue weighted by Crippen LogP contribution is 2.09. The van der Waals surface area contributed by atoms with Crippen molar-refractivity contribution in [2.45, 2.75) is 32.4 Å². The smallest absolute Gasteiger partial charge is 0.255 e. The van der Waals surface area contributed by atoms with Crippen LogP contribution in [0.3, 0.4) is 0 Å². The molecule has 75 valence electrons. The zero-order valence-corrected chi connectivity index (χ0v) is 8.16. The lowest BCUT2D eigenvalue weighted by molar-refractivity contribution is -0.151. The number of amides is 1. The molecule has 2 unspecified atom stereocenters. The van der Waals surface area contributed by atoms with E-state index in [4.69, 9.17) is 4.74 Å². The van der Waals surface area contributed by atoms with Crippen molar-refractivity contribution in [2.24, 2.45) is 0 Å². The van der Waals surface area contributed by atoms with Crippen LogP contribution in [0, 0.1) is 0 Å². The Morgan fingerprint density at radius 2 is 2.38 bits per heavy atom. The van der Waals surface area contributed by atoms with E-state index in [-0.39, 0.29) is 11.9 Å². The fourth-order valence-corrected chi connectivity index (χ4v) is 1.41. The lowest BCUT2D eigenvalue weighted by atomic mass is 10.2. The summed E-state index contributed by atoms with van der Waals surface area (Å²) in [5.41, 5.74) is 0. The van der Waals surface area contributed by atoms with Crippen molar-refractivity contribution in [3.05, 3.63) is 0 Å². The Hall–Kier alpha value is -0.610. The highest BCUT2D eigenvalue weighted by Gasteiger charge is 2.28. The fraction of sp³-hybridized carbons (Fsp3) is 0.889. The van der Waals surface area contributed by atoms with Gasteiger partial charge in [-0.15, -0.1) is 0 Å². The Labute approximate surface area is 78.5 Å². The molecule has 4 nitrogen and oxygen atoms in total. The fourth-order valence-electron chi connectivity index (χ4n) is 1.41. The van der Waals surface area contributed by atoms with Crippen LogP contribution in [0.15, 0.2) is 0 Å². The second kappa shape index (κ2) is 4.58. The van der Waals surface area contributed by atoms with Gasteiger partial charge in [-0.3, -0.25) is 4.79 Å². The SMILES string of the molecule is CCC([O])C(=O)N1CCOCC1C. The van der Waals surface area contributed by atoms with Crippen LogP contribution in [-0.2, 0) is 14.6 Å². The molecule has 13 heavy (non-hydrogen) atoms. The maximum atomic E-state index is 11.5. The Morgan fingerprint density at radius 3 is 2.92 bits per heavy atom. The van der Waals surface area contributed by atoms with Gasteiger partial charge in [-0.05, 0) is 13.3 Å². The second-order valence-electron chi connectivity index (χ2n) is 3.35. The van der Waals surface area contributed by atoms with E-state index in [0.29, 0.717) is 26.2 Å². The molecule has 1 aliphatic heterocycles. The van der Waals surface area contributed by atoms with Gasteiger partial charge in [0.25, 0.3) is 5.91 Å². The number of ether oxygens (including phenoxy) is 1. The summed E-state index contributed by atoms with van der Waals surface area (Å²) < 4.78 is 5.18. The molecule has 0 spiro atoms. The van der Waals surface area contributed by atoms with Crippen molar-refractivity contribution in [2.75, 3.05) is 19.8 Å². The lowest BCUT2D eigenvalue weighted by Crippen LogP contribution is -2.50. The summed E-state index contributed by atoms with van der Waals surface area (Å²) in [6, 6.07) is 0.0456. The molecule has 1 radical (unpaired) electrons. The van der Waals surface area contributed by atoms with Crippen molar-refractivity contribution < 1.29 is 14.6 Å². The summed E-state index contributed by atoms with van der Waals surface area (Å²) in [5, 5.41) is 11.2. The van der Waals surface area contributed by atoms with Gasteiger partial charge < -0.3 is 9.64 Å². The van der Waals surface area contributed by atoms with Gasteiger partial charge >= 0.3 is 0 Å². The van der Waals surface area contributed by atoms with Crippen LogP contribution in [-0.4, -0.2) is 42.7 Å². The Bertz CT molecular complexity index is 184. The van der Waals surface area contributed by atoms with Gasteiger partial charge in [-0.25, -0.2) is 5.11 Å². The zero-order chi connectivity index (χ0) is 9.84. The van der Waals surface area contributed by atoms with Gasteiger partial charge in [0.2, 0.25) is 0 Å². The lowest BCUT2D eigenvalue weighted by Gasteiger charge is -2.34. The predicted molar refractivity (Wildman–Crippen MR) is 46.8 cm³/mol. The average Bonchev–Trinajstić information content (AvgIpc) is 2.16. The summed E-state index contributed by atoms with van der Waals surface area (Å²) in [4.78, 5) is 13.1. The minimum Gasteiger partial charge on any atom is -0.377 e. The van der Waals surface area contributed by atoms with E-state index in [1.807, 2.05) is 6.92 Å². The topological polar surface area (TPSA) is 49.4 Å². The number of carbonyl (C=O) groups is 1. The highest BCUT2D eigenvalue weighted by molar-refractivity contribution is 5.80. The van der Waals surface area contributed by atoms with Crippen molar-refractivity contribution >= 4 is 5.91 Å². The number of rotatable bonds is 2. The third-order valence-electron chi connectivity index (χ3n) is 2.30. The van der Waals surface area contributed by atoms with Gasteiger partial charge in [0.15, 0.2) is 6.10 Å². The molecule has 0 aliphatic carbocycles. The first-order valence-electron chi connectivity index (χ1n) is 4.70. The maximum absolute atomic E-state index is 11.5. The molecule has 1 saturated heterocycles. The number of morpholine rings is 1. The number of hydrogen-bond acceptors (Lipinski definition) is 2. The zero-order valence-electron chi connectivity index (χ0n) is 8.16. The van der Waals surface area contributed by atoms with Crippen molar-refractivity contribution in [1.82, 2.24) is 4.90 Å². The van der Waals surface area contributed by atoms with Gasteiger partial charge in [0.1, 0.15) is 0 Å². The van der Waals surface area contributed by atoms with Crippen molar-refractivity contribution in [3.63, 3.8) is 0 Å². The third kappa shape index (κ3) is 2.42. The van der Waals surface area contributed by atoms with E-state index in [2.05, 4.69) is 0 Å². The molecule has 0 aromatic heterocycles. The molecular weight excluding hydrogens is 170 g/mol. The summed E-state index contributed by atoms with van der Waals surface area (Å²) in [6.45, 7) is 5.29. The first-order chi connectivity index (χ1) is 6.16. The minimum absolute atomic E-state index is 0.0456. The molecule has 1 aliphatic rings. The molecule has 2 atom stereocenters. The van der Waals surface area contributed by atoms with E-state index in [0.717, 1.165) is 0 Å². The molecule has 1 rings (SSSR count). The van der Waals surface area contributed by atoms with Gasteiger partial charge in [0, 0.05) is 6.54 Å². The molecule has 1 heterocycles. The molecule has 0 N–H and O–H groups in total. The average molecular weight is 186 g/mol. The van der Waals surface area contributed by atoms with E-state index in [9.17, 15) is 9.90 Å². The molecule has 4 heteroatoms. The summed E-state index contributed by atoms with van der Waals surface area (Å²) in [5.74, 6) is -0.279. The first kappa shape index (κ1) is 10.5. The van der Waals surface area contributed by atoms with Crippen LogP contribution in [0.25, 0.3) is 0 Å². The van der Waals surface area contributed by atoms with Crippen LogP contribution in [0.4, 0.5) is 0 Å². The van der Waals surface area contributed by atoms with Crippen LogP contribution < -0.4 is 0 Å². The molecular formula is C9H16NO3. The quantitative estimate of drug-likeness (QED) is 0.628. The molecule has 0 aromatic rings. The molecule has 0 aromatic carbocycles. The van der Waals surface area contributed by atoms with Crippen LogP contribution in [0.1, 0.15) is 20.3 Å². The molecule has 1 amide bonds. The van der Waals surface area contributed by atoms with Gasteiger partial charge in [-0.2, -0.15) is 0 Å². The van der Waals surface area contributed by atoms with E-state index >= 15 is 0 Å². The van der Waals surface area contributed by atoms with Gasteiger partial charge in [-0.1, -0.05) is 6.92 Å².